The predicted molar refractivity (Wildman–Crippen MR) is 59.8 cm³/mol. The first-order chi connectivity index (χ1) is 7.16. The van der Waals surface area contributed by atoms with Gasteiger partial charge in [0.05, 0.1) is 12.7 Å². The fourth-order valence-corrected chi connectivity index (χ4v) is 3.09. The number of nitrogens with zero attached hydrogens (tertiary/aromatic N) is 1. The molecule has 3 nitrogen and oxygen atoms in total. The highest BCUT2D eigenvalue weighted by molar-refractivity contribution is 5.03. The van der Waals surface area contributed by atoms with E-state index < -0.39 is 0 Å². The molecular weight excluding hydrogens is 190 g/mol. The van der Waals surface area contributed by atoms with E-state index >= 15 is 0 Å². The maximum atomic E-state index is 9.25. The zero-order valence-electron chi connectivity index (χ0n) is 9.91. The number of aliphatic hydroxyl groups excluding tert-OH is 1. The van der Waals surface area contributed by atoms with Gasteiger partial charge in [-0.15, -0.1) is 0 Å². The van der Waals surface area contributed by atoms with E-state index in [4.69, 9.17) is 4.74 Å². The van der Waals surface area contributed by atoms with Crippen LogP contribution >= 0.6 is 0 Å². The van der Waals surface area contributed by atoms with Crippen molar-refractivity contribution in [3.8, 4) is 0 Å². The second-order valence-electron chi connectivity index (χ2n) is 5.39. The molecule has 2 fully saturated rings. The van der Waals surface area contributed by atoms with E-state index in [-0.39, 0.29) is 5.54 Å². The van der Waals surface area contributed by atoms with Crippen LogP contribution in [0.3, 0.4) is 0 Å². The van der Waals surface area contributed by atoms with Crippen LogP contribution in [0.1, 0.15) is 33.1 Å². The van der Waals surface area contributed by atoms with Gasteiger partial charge in [-0.25, -0.2) is 0 Å². The summed E-state index contributed by atoms with van der Waals surface area (Å²) in [6.07, 6.45) is 3.97. The number of hydrogen-bond donors (Lipinski definition) is 1. The minimum absolute atomic E-state index is 0.262. The zero-order chi connectivity index (χ0) is 10.9. The second kappa shape index (κ2) is 4.40. The predicted octanol–water partition coefficient (Wildman–Crippen LogP) is 1.26. The van der Waals surface area contributed by atoms with Crippen LogP contribution in [0.4, 0.5) is 0 Å². The van der Waals surface area contributed by atoms with E-state index in [2.05, 4.69) is 18.7 Å². The summed E-state index contributed by atoms with van der Waals surface area (Å²) in [5, 5.41) is 9.25. The lowest BCUT2D eigenvalue weighted by atomic mass is 9.91. The lowest BCUT2D eigenvalue weighted by Crippen LogP contribution is -2.43. The molecule has 2 aliphatic rings. The molecule has 1 N–H and O–H groups in total. The molecule has 0 spiro atoms. The average molecular weight is 213 g/mol. The van der Waals surface area contributed by atoms with Gasteiger partial charge in [-0.1, -0.05) is 0 Å². The van der Waals surface area contributed by atoms with Gasteiger partial charge in [0.1, 0.15) is 0 Å². The van der Waals surface area contributed by atoms with Crippen LogP contribution in [-0.4, -0.2) is 48.0 Å². The van der Waals surface area contributed by atoms with E-state index in [1.807, 2.05) is 0 Å². The summed E-state index contributed by atoms with van der Waals surface area (Å²) in [6.45, 7) is 7.62. The molecule has 2 heterocycles. The highest BCUT2D eigenvalue weighted by Crippen LogP contribution is 2.41. The summed E-state index contributed by atoms with van der Waals surface area (Å²) in [5.74, 6) is 0.473. The Balaban J connectivity index is 1.97. The maximum Gasteiger partial charge on any atom is 0.0654 e. The molecule has 0 aromatic carbocycles. The maximum absolute atomic E-state index is 9.25. The van der Waals surface area contributed by atoms with Crippen LogP contribution in [0.15, 0.2) is 0 Å². The number of ether oxygens (including phenoxy) is 1. The average Bonchev–Trinajstić information content (AvgIpc) is 2.70. The van der Waals surface area contributed by atoms with Crippen molar-refractivity contribution >= 4 is 0 Å². The largest absolute Gasteiger partial charge is 0.396 e. The van der Waals surface area contributed by atoms with E-state index in [1.165, 1.54) is 19.4 Å². The molecule has 0 saturated carbocycles. The molecule has 2 aliphatic heterocycles. The Labute approximate surface area is 92.4 Å². The van der Waals surface area contributed by atoms with Gasteiger partial charge in [-0.2, -0.15) is 0 Å². The minimum atomic E-state index is 0.262. The normalized spacial score (nSPS) is 36.4. The van der Waals surface area contributed by atoms with E-state index in [1.54, 1.807) is 0 Å². The molecule has 0 aromatic heterocycles. The quantitative estimate of drug-likeness (QED) is 0.763. The van der Waals surface area contributed by atoms with Crippen molar-refractivity contribution in [2.75, 3.05) is 26.3 Å². The Hall–Kier alpha value is -0.120. The van der Waals surface area contributed by atoms with Gasteiger partial charge in [-0.3, -0.25) is 4.90 Å². The first-order valence-corrected chi connectivity index (χ1v) is 6.14. The van der Waals surface area contributed by atoms with Gasteiger partial charge >= 0.3 is 0 Å². The molecule has 2 saturated heterocycles. The summed E-state index contributed by atoms with van der Waals surface area (Å²) in [7, 11) is 0. The number of aliphatic hydroxyl groups is 1. The summed E-state index contributed by atoms with van der Waals surface area (Å²) in [5.41, 5.74) is 0.262. The highest BCUT2D eigenvalue weighted by Gasteiger charge is 2.48. The van der Waals surface area contributed by atoms with Gasteiger partial charge in [0, 0.05) is 18.7 Å². The summed E-state index contributed by atoms with van der Waals surface area (Å²) in [4.78, 5) is 2.54. The monoisotopic (exact) mass is 213 g/mol. The fourth-order valence-electron chi connectivity index (χ4n) is 3.09. The topological polar surface area (TPSA) is 32.7 Å². The molecule has 2 atom stereocenters. The zero-order valence-corrected chi connectivity index (χ0v) is 9.91. The van der Waals surface area contributed by atoms with Crippen molar-refractivity contribution in [2.24, 2.45) is 5.92 Å². The van der Waals surface area contributed by atoms with Crippen LogP contribution in [0, 0.1) is 5.92 Å². The van der Waals surface area contributed by atoms with Crippen molar-refractivity contribution in [3.63, 3.8) is 0 Å². The number of fused-ring (bicyclic) bond motifs is 1. The minimum Gasteiger partial charge on any atom is -0.396 e. The van der Waals surface area contributed by atoms with Gasteiger partial charge in [0.15, 0.2) is 0 Å². The third-order valence-corrected chi connectivity index (χ3v) is 3.83. The lowest BCUT2D eigenvalue weighted by molar-refractivity contribution is 0.00273. The standard InChI is InChI=1S/C12H23NO2/c1-10(2)15-9-12-4-3-5-13(12)7-11(6-12)8-14/h10-11,14H,3-9H2,1-2H3/t11-,12+/m1/s1. The van der Waals surface area contributed by atoms with Crippen molar-refractivity contribution in [3.05, 3.63) is 0 Å². The summed E-state index contributed by atoms with van der Waals surface area (Å²) < 4.78 is 5.80. The lowest BCUT2D eigenvalue weighted by Gasteiger charge is -2.32. The second-order valence-corrected chi connectivity index (χ2v) is 5.39. The van der Waals surface area contributed by atoms with Crippen molar-refractivity contribution in [2.45, 2.75) is 44.8 Å². The van der Waals surface area contributed by atoms with E-state index in [0.717, 1.165) is 19.6 Å². The summed E-state index contributed by atoms with van der Waals surface area (Å²) >= 11 is 0. The van der Waals surface area contributed by atoms with Crippen molar-refractivity contribution in [1.82, 2.24) is 4.90 Å². The Kier molecular flexibility index (Phi) is 3.33. The van der Waals surface area contributed by atoms with Crippen molar-refractivity contribution in [1.29, 1.82) is 0 Å². The van der Waals surface area contributed by atoms with Crippen LogP contribution in [0.5, 0.6) is 0 Å². The smallest absolute Gasteiger partial charge is 0.0654 e. The van der Waals surface area contributed by atoms with Crippen LogP contribution in [0.2, 0.25) is 0 Å². The third kappa shape index (κ3) is 2.19. The fraction of sp³-hybridized carbons (Fsp3) is 1.00. The molecule has 0 unspecified atom stereocenters. The Morgan fingerprint density at radius 3 is 3.00 bits per heavy atom. The highest BCUT2D eigenvalue weighted by atomic mass is 16.5. The molecule has 0 amide bonds. The Bertz CT molecular complexity index is 220. The molecule has 2 rings (SSSR count). The van der Waals surface area contributed by atoms with Crippen LogP contribution in [0.25, 0.3) is 0 Å². The van der Waals surface area contributed by atoms with Gasteiger partial charge in [-0.05, 0) is 45.6 Å². The van der Waals surface area contributed by atoms with E-state index in [9.17, 15) is 5.11 Å². The third-order valence-electron chi connectivity index (χ3n) is 3.83. The molecule has 3 heteroatoms. The molecule has 0 aromatic rings. The first-order valence-electron chi connectivity index (χ1n) is 6.14. The van der Waals surface area contributed by atoms with Gasteiger partial charge in [0.25, 0.3) is 0 Å². The Morgan fingerprint density at radius 1 is 1.53 bits per heavy atom. The van der Waals surface area contributed by atoms with Gasteiger partial charge < -0.3 is 9.84 Å². The molecular formula is C12H23NO2. The molecule has 0 bridgehead atoms. The Morgan fingerprint density at radius 2 is 2.33 bits per heavy atom. The summed E-state index contributed by atoms with van der Waals surface area (Å²) in [6, 6.07) is 0. The van der Waals surface area contributed by atoms with Gasteiger partial charge in [0.2, 0.25) is 0 Å². The van der Waals surface area contributed by atoms with Crippen molar-refractivity contribution < 1.29 is 9.84 Å². The molecule has 0 aliphatic carbocycles. The number of rotatable bonds is 4. The molecule has 15 heavy (non-hydrogen) atoms. The first kappa shape index (κ1) is 11.4. The molecule has 0 radical (unpaired) electrons. The molecule has 88 valence electrons. The SMILES string of the molecule is CC(C)OC[C@@]12CCCN1C[C@H](CO)C2. The van der Waals surface area contributed by atoms with Crippen LogP contribution < -0.4 is 0 Å². The van der Waals surface area contributed by atoms with Crippen LogP contribution in [-0.2, 0) is 4.74 Å². The number of hydrogen-bond acceptors (Lipinski definition) is 3. The van der Waals surface area contributed by atoms with E-state index in [0.29, 0.717) is 18.6 Å².